The fourth-order valence-electron chi connectivity index (χ4n) is 5.87. The Hall–Kier alpha value is -0.0400. The first-order chi connectivity index (χ1) is 8.30. The van der Waals surface area contributed by atoms with Gasteiger partial charge in [-0.15, -0.1) is 0 Å². The third-order valence-electron chi connectivity index (χ3n) is 7.73. The van der Waals surface area contributed by atoms with Crippen LogP contribution in [0.25, 0.3) is 0 Å². The molecule has 3 atom stereocenters. The molecular weight excluding hydrogens is 220 g/mol. The van der Waals surface area contributed by atoms with Gasteiger partial charge in [-0.2, -0.15) is 0 Å². The van der Waals surface area contributed by atoms with E-state index in [0.717, 1.165) is 24.7 Å². The van der Waals surface area contributed by atoms with E-state index in [2.05, 4.69) is 27.7 Å². The molecule has 0 aliphatic heterocycles. The van der Waals surface area contributed by atoms with E-state index >= 15 is 0 Å². The van der Waals surface area contributed by atoms with Gasteiger partial charge in [0, 0.05) is 0 Å². The quantitative estimate of drug-likeness (QED) is 0.732. The average molecular weight is 250 g/mol. The highest BCUT2D eigenvalue weighted by atomic mass is 16.3. The first-order valence-corrected chi connectivity index (χ1v) is 7.98. The lowest BCUT2D eigenvalue weighted by atomic mass is 9.55. The maximum Gasteiger partial charge on any atom is 0.0540 e. The van der Waals surface area contributed by atoms with Crippen molar-refractivity contribution in [2.45, 2.75) is 78.7 Å². The molecule has 0 aromatic rings. The van der Waals surface area contributed by atoms with Crippen LogP contribution in [0.4, 0.5) is 0 Å². The van der Waals surface area contributed by atoms with Gasteiger partial charge in [-0.1, -0.05) is 27.7 Å². The molecule has 1 nitrogen and oxygen atoms in total. The molecule has 0 aromatic heterocycles. The number of fused-ring (bicyclic) bond motifs is 2. The highest BCUT2D eigenvalue weighted by molar-refractivity contribution is 5.13. The minimum absolute atomic E-state index is 0.0162. The van der Waals surface area contributed by atoms with Crippen LogP contribution in [0.1, 0.15) is 72.6 Å². The lowest BCUT2D eigenvalue weighted by molar-refractivity contribution is -0.0303. The van der Waals surface area contributed by atoms with Crippen molar-refractivity contribution in [1.82, 2.24) is 0 Å². The molecule has 0 heterocycles. The molecule has 2 bridgehead atoms. The summed E-state index contributed by atoms with van der Waals surface area (Å²) in [5.41, 5.74) is 1.59. The standard InChI is InChI=1S/C17H30O/c1-15(2)12-5-10-17(15,4)14(11-12)16(3)8-6-13(18)7-9-16/h12-14,18H,5-11H2,1-4H3/t12-,13?,14+,16?,17+/m1/s1. The van der Waals surface area contributed by atoms with Crippen LogP contribution in [0.15, 0.2) is 0 Å². The van der Waals surface area contributed by atoms with Crippen molar-refractivity contribution in [2.24, 2.45) is 28.1 Å². The van der Waals surface area contributed by atoms with Gasteiger partial charge in [-0.05, 0) is 73.0 Å². The van der Waals surface area contributed by atoms with Gasteiger partial charge in [0.15, 0.2) is 0 Å². The second kappa shape index (κ2) is 3.75. The number of aliphatic hydroxyl groups excluding tert-OH is 1. The van der Waals surface area contributed by atoms with Crippen molar-refractivity contribution in [3.63, 3.8) is 0 Å². The summed E-state index contributed by atoms with van der Waals surface area (Å²) in [5.74, 6) is 1.85. The zero-order valence-corrected chi connectivity index (χ0v) is 12.6. The molecule has 0 unspecified atom stereocenters. The maximum absolute atomic E-state index is 9.78. The Morgan fingerprint density at radius 3 is 1.94 bits per heavy atom. The van der Waals surface area contributed by atoms with Gasteiger partial charge >= 0.3 is 0 Å². The minimum atomic E-state index is -0.0162. The lowest BCUT2D eigenvalue weighted by Crippen LogP contribution is -2.43. The minimum Gasteiger partial charge on any atom is -0.393 e. The third kappa shape index (κ3) is 1.49. The Kier molecular flexibility index (Phi) is 2.70. The summed E-state index contributed by atoms with van der Waals surface area (Å²) in [4.78, 5) is 0. The Labute approximate surface area is 112 Å². The van der Waals surface area contributed by atoms with E-state index in [4.69, 9.17) is 0 Å². The molecular formula is C17H30O. The van der Waals surface area contributed by atoms with E-state index < -0.39 is 0 Å². The normalized spacial score (nSPS) is 54.8. The van der Waals surface area contributed by atoms with Crippen LogP contribution in [0.3, 0.4) is 0 Å². The summed E-state index contributed by atoms with van der Waals surface area (Å²) >= 11 is 0. The van der Waals surface area contributed by atoms with Gasteiger partial charge in [-0.25, -0.2) is 0 Å². The summed E-state index contributed by atoms with van der Waals surface area (Å²) in [7, 11) is 0. The molecule has 0 aromatic carbocycles. The Balaban J connectivity index is 1.86. The van der Waals surface area contributed by atoms with Crippen LogP contribution in [0.2, 0.25) is 0 Å². The van der Waals surface area contributed by atoms with E-state index in [0.29, 0.717) is 16.2 Å². The highest BCUT2D eigenvalue weighted by Crippen LogP contribution is 2.72. The number of hydrogen-bond donors (Lipinski definition) is 1. The fourth-order valence-corrected chi connectivity index (χ4v) is 5.87. The molecule has 18 heavy (non-hydrogen) atoms. The van der Waals surface area contributed by atoms with Gasteiger partial charge < -0.3 is 5.11 Å². The summed E-state index contributed by atoms with van der Waals surface area (Å²) in [6, 6.07) is 0. The largest absolute Gasteiger partial charge is 0.393 e. The van der Waals surface area contributed by atoms with Gasteiger partial charge in [0.2, 0.25) is 0 Å². The van der Waals surface area contributed by atoms with Crippen molar-refractivity contribution in [3.8, 4) is 0 Å². The molecule has 1 N–H and O–H groups in total. The van der Waals surface area contributed by atoms with Crippen LogP contribution in [-0.4, -0.2) is 11.2 Å². The van der Waals surface area contributed by atoms with E-state index in [1.54, 1.807) is 0 Å². The van der Waals surface area contributed by atoms with Crippen LogP contribution < -0.4 is 0 Å². The topological polar surface area (TPSA) is 20.2 Å². The molecule has 104 valence electrons. The molecule has 3 fully saturated rings. The summed E-state index contributed by atoms with van der Waals surface area (Å²) in [6.45, 7) is 10.1. The Morgan fingerprint density at radius 2 is 1.50 bits per heavy atom. The van der Waals surface area contributed by atoms with Crippen LogP contribution in [-0.2, 0) is 0 Å². The molecule has 0 radical (unpaired) electrons. The number of aliphatic hydroxyl groups is 1. The summed E-state index contributed by atoms with van der Waals surface area (Å²) in [6.07, 6.45) is 8.90. The van der Waals surface area contributed by atoms with E-state index in [-0.39, 0.29) is 6.10 Å². The van der Waals surface area contributed by atoms with Crippen LogP contribution in [0.5, 0.6) is 0 Å². The first-order valence-electron chi connectivity index (χ1n) is 7.98. The van der Waals surface area contributed by atoms with Gasteiger partial charge in [-0.3, -0.25) is 0 Å². The Morgan fingerprint density at radius 1 is 0.889 bits per heavy atom. The van der Waals surface area contributed by atoms with Crippen molar-refractivity contribution in [1.29, 1.82) is 0 Å². The van der Waals surface area contributed by atoms with Gasteiger partial charge in [0.25, 0.3) is 0 Å². The SMILES string of the molecule is CC1([C@@H]2C[C@H]3CC[C@]2(C)C3(C)C)CCC(O)CC1. The molecule has 0 saturated heterocycles. The van der Waals surface area contributed by atoms with Crippen LogP contribution in [0, 0.1) is 28.1 Å². The lowest BCUT2D eigenvalue weighted by Gasteiger charge is -2.50. The average Bonchev–Trinajstić information content (AvgIpc) is 2.65. The first kappa shape index (κ1) is 13.0. The van der Waals surface area contributed by atoms with Gasteiger partial charge in [0.05, 0.1) is 6.10 Å². The monoisotopic (exact) mass is 250 g/mol. The number of rotatable bonds is 1. The van der Waals surface area contributed by atoms with Crippen molar-refractivity contribution in [2.75, 3.05) is 0 Å². The second-order valence-electron chi connectivity index (χ2n) is 8.55. The maximum atomic E-state index is 9.78. The molecule has 3 aliphatic carbocycles. The van der Waals surface area contributed by atoms with Crippen molar-refractivity contribution in [3.05, 3.63) is 0 Å². The molecule has 3 rings (SSSR count). The zero-order valence-electron chi connectivity index (χ0n) is 12.6. The van der Waals surface area contributed by atoms with E-state index in [1.165, 1.54) is 32.1 Å². The van der Waals surface area contributed by atoms with E-state index in [9.17, 15) is 5.11 Å². The summed E-state index contributed by atoms with van der Waals surface area (Å²) < 4.78 is 0. The molecule has 0 spiro atoms. The molecule has 3 aliphatic rings. The smallest absolute Gasteiger partial charge is 0.0540 e. The number of hydrogen-bond acceptors (Lipinski definition) is 1. The van der Waals surface area contributed by atoms with E-state index in [1.807, 2.05) is 0 Å². The van der Waals surface area contributed by atoms with Crippen molar-refractivity contribution < 1.29 is 5.11 Å². The predicted octanol–water partition coefficient (Wildman–Crippen LogP) is 4.39. The molecule has 0 amide bonds. The van der Waals surface area contributed by atoms with Crippen LogP contribution >= 0.6 is 0 Å². The highest BCUT2D eigenvalue weighted by Gasteiger charge is 2.64. The Bertz CT molecular complexity index is 338. The van der Waals surface area contributed by atoms with Crippen molar-refractivity contribution >= 4 is 0 Å². The third-order valence-corrected chi connectivity index (χ3v) is 7.73. The molecule has 3 saturated carbocycles. The zero-order chi connectivity index (χ0) is 13.2. The molecule has 1 heteroatoms. The second-order valence-corrected chi connectivity index (χ2v) is 8.55. The summed E-state index contributed by atoms with van der Waals surface area (Å²) in [5, 5.41) is 9.78. The predicted molar refractivity (Wildman–Crippen MR) is 75.3 cm³/mol. The van der Waals surface area contributed by atoms with Gasteiger partial charge in [0.1, 0.15) is 0 Å². The fraction of sp³-hybridized carbons (Fsp3) is 1.00.